The molecule has 2 atom stereocenters. The number of aliphatic hydroxyl groups is 1. The fourth-order valence-electron chi connectivity index (χ4n) is 1.57. The fraction of sp³-hybridized carbons (Fsp3) is 0.429. The van der Waals surface area contributed by atoms with Crippen molar-refractivity contribution in [1.29, 1.82) is 0 Å². The van der Waals surface area contributed by atoms with Crippen LogP contribution in [0, 0.1) is 0 Å². The highest BCUT2D eigenvalue weighted by molar-refractivity contribution is 5.85. The van der Waals surface area contributed by atoms with Gasteiger partial charge in [0, 0.05) is 7.05 Å². The molecule has 1 rings (SSSR count). The van der Waals surface area contributed by atoms with Crippen LogP contribution in [0.1, 0.15) is 12.5 Å². The van der Waals surface area contributed by atoms with Gasteiger partial charge in [-0.15, -0.1) is 0 Å². The highest BCUT2D eigenvalue weighted by Crippen LogP contribution is 2.03. The molecule has 0 aliphatic rings. The number of likely N-dealkylation sites (N-methyl/N-ethyl adjacent to an activating group) is 1. The molecule has 0 aliphatic carbocycles. The first-order valence-corrected chi connectivity index (χ1v) is 6.42. The van der Waals surface area contributed by atoms with E-state index in [1.165, 1.54) is 21.1 Å². The van der Waals surface area contributed by atoms with Gasteiger partial charge in [0.15, 0.2) is 0 Å². The van der Waals surface area contributed by atoms with E-state index in [0.717, 1.165) is 10.6 Å². The van der Waals surface area contributed by atoms with Crippen molar-refractivity contribution in [2.45, 2.75) is 25.7 Å². The highest BCUT2D eigenvalue weighted by Gasteiger charge is 2.29. The molecule has 0 aliphatic heterocycles. The monoisotopic (exact) mass is 296 g/mol. The average Bonchev–Trinajstić information content (AvgIpc) is 2.49. The zero-order chi connectivity index (χ0) is 15.8. The van der Waals surface area contributed by atoms with Gasteiger partial charge in [-0.25, -0.2) is 9.86 Å². The van der Waals surface area contributed by atoms with E-state index in [1.807, 2.05) is 30.3 Å². The molecule has 0 saturated heterocycles. The molecule has 0 heterocycles. The lowest BCUT2D eigenvalue weighted by atomic mass is 10.1. The van der Waals surface area contributed by atoms with Crippen LogP contribution >= 0.6 is 0 Å². The summed E-state index contributed by atoms with van der Waals surface area (Å²) < 4.78 is 5.00. The van der Waals surface area contributed by atoms with E-state index in [1.54, 1.807) is 0 Å². The predicted molar refractivity (Wildman–Crippen MR) is 75.0 cm³/mol. The molecule has 0 aromatic heterocycles. The number of ether oxygens (including phenoxy) is 1. The van der Waals surface area contributed by atoms with Gasteiger partial charge < -0.3 is 15.2 Å². The Kier molecular flexibility index (Phi) is 6.64. The molecule has 21 heavy (non-hydrogen) atoms. The molecule has 0 saturated carbocycles. The molecule has 1 aromatic rings. The Morgan fingerprint density at radius 3 is 2.48 bits per heavy atom. The summed E-state index contributed by atoms with van der Waals surface area (Å²) in [6.45, 7) is 1.47. The summed E-state index contributed by atoms with van der Waals surface area (Å²) in [4.78, 5) is 28.3. The highest BCUT2D eigenvalue weighted by atomic mass is 16.7. The Morgan fingerprint density at radius 1 is 1.33 bits per heavy atom. The molecule has 7 heteroatoms. The van der Waals surface area contributed by atoms with Gasteiger partial charge in [-0.3, -0.25) is 9.63 Å². The molecule has 0 bridgehead atoms. The maximum Gasteiger partial charge on any atom is 0.408 e. The summed E-state index contributed by atoms with van der Waals surface area (Å²) in [6, 6.07) is 7.98. The number of nitrogens with zero attached hydrogens (tertiary/aromatic N) is 1. The number of hydroxylamine groups is 2. The lowest BCUT2D eigenvalue weighted by Crippen LogP contribution is -2.52. The number of rotatable bonds is 6. The van der Waals surface area contributed by atoms with Crippen LogP contribution in [0.3, 0.4) is 0 Å². The SMILES string of the molecule is CON(C)C(=O)[C@@H](NC(=O)OCc1ccccc1)[C@@H](C)O. The first-order chi connectivity index (χ1) is 9.95. The summed E-state index contributed by atoms with van der Waals surface area (Å²) in [5.74, 6) is -0.579. The van der Waals surface area contributed by atoms with Crippen LogP contribution in [0.4, 0.5) is 4.79 Å². The van der Waals surface area contributed by atoms with E-state index in [0.29, 0.717) is 0 Å². The van der Waals surface area contributed by atoms with Gasteiger partial charge in [-0.2, -0.15) is 0 Å². The van der Waals surface area contributed by atoms with Gasteiger partial charge in [0.1, 0.15) is 12.6 Å². The fourth-order valence-corrected chi connectivity index (χ4v) is 1.57. The molecule has 0 unspecified atom stereocenters. The summed E-state index contributed by atoms with van der Waals surface area (Å²) in [6.07, 6.45) is -1.87. The van der Waals surface area contributed by atoms with Crippen LogP contribution in [0.15, 0.2) is 30.3 Å². The molecule has 1 aromatic carbocycles. The Hall–Kier alpha value is -2.12. The Labute approximate surface area is 123 Å². The molecule has 7 nitrogen and oxygen atoms in total. The van der Waals surface area contributed by atoms with Crippen LogP contribution in [0.2, 0.25) is 0 Å². The number of alkyl carbamates (subject to hydrolysis) is 1. The number of benzene rings is 1. The second-order valence-electron chi connectivity index (χ2n) is 4.44. The molecular weight excluding hydrogens is 276 g/mol. The minimum atomic E-state index is -1.14. The van der Waals surface area contributed by atoms with Crippen LogP contribution < -0.4 is 5.32 Å². The average molecular weight is 296 g/mol. The zero-order valence-electron chi connectivity index (χ0n) is 12.3. The van der Waals surface area contributed by atoms with Crippen LogP contribution in [-0.2, 0) is 21.0 Å². The minimum Gasteiger partial charge on any atom is -0.445 e. The lowest BCUT2D eigenvalue weighted by Gasteiger charge is -2.24. The van der Waals surface area contributed by atoms with Gasteiger partial charge in [-0.05, 0) is 12.5 Å². The van der Waals surface area contributed by atoms with E-state index in [4.69, 9.17) is 9.57 Å². The van der Waals surface area contributed by atoms with E-state index < -0.39 is 24.1 Å². The number of aliphatic hydroxyl groups excluding tert-OH is 1. The summed E-state index contributed by atoms with van der Waals surface area (Å²) >= 11 is 0. The van der Waals surface area contributed by atoms with Crippen molar-refractivity contribution >= 4 is 12.0 Å². The van der Waals surface area contributed by atoms with Gasteiger partial charge in [-0.1, -0.05) is 30.3 Å². The zero-order valence-corrected chi connectivity index (χ0v) is 12.3. The van der Waals surface area contributed by atoms with Crippen molar-refractivity contribution in [1.82, 2.24) is 10.4 Å². The van der Waals surface area contributed by atoms with Gasteiger partial charge in [0.05, 0.1) is 13.2 Å². The summed E-state index contributed by atoms with van der Waals surface area (Å²) in [5.41, 5.74) is 0.821. The topological polar surface area (TPSA) is 88.1 Å². The Bertz CT molecular complexity index is 464. The molecule has 0 radical (unpaired) electrons. The van der Waals surface area contributed by atoms with E-state index >= 15 is 0 Å². The van der Waals surface area contributed by atoms with Crippen molar-refractivity contribution in [3.05, 3.63) is 35.9 Å². The summed E-state index contributed by atoms with van der Waals surface area (Å²) in [5, 5.41) is 12.8. The van der Waals surface area contributed by atoms with Crippen molar-refractivity contribution < 1.29 is 24.3 Å². The largest absolute Gasteiger partial charge is 0.445 e. The smallest absolute Gasteiger partial charge is 0.408 e. The van der Waals surface area contributed by atoms with Gasteiger partial charge >= 0.3 is 6.09 Å². The number of nitrogens with one attached hydrogen (secondary N) is 1. The standard InChI is InChI=1S/C14H20N2O5/c1-10(17)12(13(18)16(2)20-3)15-14(19)21-9-11-7-5-4-6-8-11/h4-8,10,12,17H,9H2,1-3H3,(H,15,19)/t10-,12+/m1/s1. The number of carbonyl (C=O) groups excluding carboxylic acids is 2. The molecular formula is C14H20N2O5. The van der Waals surface area contributed by atoms with Crippen molar-refractivity contribution in [3.8, 4) is 0 Å². The van der Waals surface area contributed by atoms with Gasteiger partial charge in [0.25, 0.3) is 5.91 Å². The molecule has 2 N–H and O–H groups in total. The normalized spacial score (nSPS) is 13.1. The number of carbonyl (C=O) groups is 2. The second-order valence-corrected chi connectivity index (χ2v) is 4.44. The predicted octanol–water partition coefficient (Wildman–Crippen LogP) is 0.682. The maximum atomic E-state index is 11.9. The van der Waals surface area contributed by atoms with Crippen LogP contribution in [0.5, 0.6) is 0 Å². The quantitative estimate of drug-likeness (QED) is 0.754. The first kappa shape index (κ1) is 16.9. The lowest BCUT2D eigenvalue weighted by molar-refractivity contribution is -0.173. The molecule has 2 amide bonds. The van der Waals surface area contributed by atoms with Crippen molar-refractivity contribution in [2.24, 2.45) is 0 Å². The summed E-state index contributed by atoms with van der Waals surface area (Å²) in [7, 11) is 2.69. The maximum absolute atomic E-state index is 11.9. The Balaban J connectivity index is 2.55. The van der Waals surface area contributed by atoms with Crippen LogP contribution in [0.25, 0.3) is 0 Å². The second kappa shape index (κ2) is 8.23. The first-order valence-electron chi connectivity index (χ1n) is 6.42. The van der Waals surface area contributed by atoms with Crippen molar-refractivity contribution in [3.63, 3.8) is 0 Å². The number of amides is 2. The molecule has 116 valence electrons. The van der Waals surface area contributed by atoms with Gasteiger partial charge in [0.2, 0.25) is 0 Å². The third-order valence-corrected chi connectivity index (χ3v) is 2.82. The number of hydrogen-bond donors (Lipinski definition) is 2. The number of hydrogen-bond acceptors (Lipinski definition) is 5. The van der Waals surface area contributed by atoms with E-state index in [9.17, 15) is 14.7 Å². The third-order valence-electron chi connectivity index (χ3n) is 2.82. The van der Waals surface area contributed by atoms with E-state index in [2.05, 4.69) is 5.32 Å². The van der Waals surface area contributed by atoms with E-state index in [-0.39, 0.29) is 6.61 Å². The Morgan fingerprint density at radius 2 is 1.95 bits per heavy atom. The molecule has 0 fully saturated rings. The van der Waals surface area contributed by atoms with Crippen LogP contribution in [-0.4, -0.2) is 48.5 Å². The van der Waals surface area contributed by atoms with Crippen molar-refractivity contribution in [2.75, 3.05) is 14.2 Å². The third kappa shape index (κ3) is 5.41. The molecule has 0 spiro atoms. The minimum absolute atomic E-state index is 0.0769.